The molecule has 1 fully saturated rings. The minimum atomic E-state index is -3.69. The maximum atomic E-state index is 12.2. The van der Waals surface area contributed by atoms with Gasteiger partial charge in [-0.2, -0.15) is 29.2 Å². The molecule has 0 unspecified atom stereocenters. The van der Waals surface area contributed by atoms with E-state index < -0.39 is 22.2 Å². The molecule has 1 rings (SSSR count). The molecular formula is C11H22N2O4S2. The van der Waals surface area contributed by atoms with E-state index in [4.69, 9.17) is 5.11 Å². The zero-order chi connectivity index (χ0) is 14.3. The monoisotopic (exact) mass is 310 g/mol. The van der Waals surface area contributed by atoms with Crippen LogP contribution in [0.25, 0.3) is 0 Å². The molecule has 0 aromatic carbocycles. The fraction of sp³-hybridized carbons (Fsp3) is 0.909. The van der Waals surface area contributed by atoms with Crippen LogP contribution in [0.5, 0.6) is 0 Å². The summed E-state index contributed by atoms with van der Waals surface area (Å²) in [5.74, 6) is -0.508. The van der Waals surface area contributed by atoms with E-state index in [1.165, 1.54) is 16.1 Å². The second-order valence-corrected chi connectivity index (χ2v) is 7.30. The Balaban J connectivity index is 2.66. The Bertz CT molecular complexity index is 378. The van der Waals surface area contributed by atoms with Gasteiger partial charge in [-0.3, -0.25) is 4.79 Å². The minimum absolute atomic E-state index is 0.295. The fourth-order valence-electron chi connectivity index (χ4n) is 2.00. The number of hydrogen-bond acceptors (Lipinski definition) is 4. The molecule has 2 N–H and O–H groups in total. The first-order valence-electron chi connectivity index (χ1n) is 6.46. The molecule has 1 saturated heterocycles. The Labute approximate surface area is 119 Å². The van der Waals surface area contributed by atoms with Crippen molar-refractivity contribution in [2.45, 2.75) is 38.1 Å². The van der Waals surface area contributed by atoms with Crippen LogP contribution in [-0.2, 0) is 15.0 Å². The first-order valence-corrected chi connectivity index (χ1v) is 9.30. The van der Waals surface area contributed by atoms with Crippen molar-refractivity contribution >= 4 is 27.9 Å². The normalized spacial score (nSPS) is 19.8. The molecule has 0 saturated carbocycles. The first kappa shape index (κ1) is 16.7. The van der Waals surface area contributed by atoms with Gasteiger partial charge in [0.1, 0.15) is 6.04 Å². The van der Waals surface area contributed by atoms with E-state index in [9.17, 15) is 13.2 Å². The maximum absolute atomic E-state index is 12.2. The van der Waals surface area contributed by atoms with Gasteiger partial charge in [0.05, 0.1) is 0 Å². The minimum Gasteiger partial charge on any atom is -0.480 e. The average molecular weight is 310 g/mol. The van der Waals surface area contributed by atoms with Crippen LogP contribution in [0.15, 0.2) is 0 Å². The van der Waals surface area contributed by atoms with Crippen molar-refractivity contribution in [3.63, 3.8) is 0 Å². The van der Waals surface area contributed by atoms with Crippen molar-refractivity contribution in [3.05, 3.63) is 0 Å². The highest BCUT2D eigenvalue weighted by Gasteiger charge is 2.28. The number of hydrogen-bond donors (Lipinski definition) is 2. The Hall–Kier alpha value is -0.310. The van der Waals surface area contributed by atoms with Crippen molar-refractivity contribution in [1.82, 2.24) is 9.03 Å². The average Bonchev–Trinajstić information content (AvgIpc) is 2.63. The highest BCUT2D eigenvalue weighted by atomic mass is 32.2. The van der Waals surface area contributed by atoms with E-state index in [-0.39, 0.29) is 0 Å². The number of nitrogens with one attached hydrogen (secondary N) is 1. The number of nitrogens with zero attached hydrogens (tertiary/aromatic N) is 1. The molecule has 0 aromatic rings. The summed E-state index contributed by atoms with van der Waals surface area (Å²) >= 11 is 1.50. The lowest BCUT2D eigenvalue weighted by Gasteiger charge is -2.23. The van der Waals surface area contributed by atoms with Crippen LogP contribution in [0.2, 0.25) is 0 Å². The third-order valence-electron chi connectivity index (χ3n) is 3.10. The molecule has 8 heteroatoms. The molecule has 19 heavy (non-hydrogen) atoms. The Morgan fingerprint density at radius 3 is 2.37 bits per heavy atom. The lowest BCUT2D eigenvalue weighted by molar-refractivity contribution is -0.139. The predicted octanol–water partition coefficient (Wildman–Crippen LogP) is 0.903. The molecule has 0 aliphatic carbocycles. The van der Waals surface area contributed by atoms with Crippen LogP contribution < -0.4 is 4.72 Å². The van der Waals surface area contributed by atoms with E-state index in [0.29, 0.717) is 25.3 Å². The van der Waals surface area contributed by atoms with E-state index in [2.05, 4.69) is 4.72 Å². The van der Waals surface area contributed by atoms with Gasteiger partial charge < -0.3 is 5.11 Å². The lowest BCUT2D eigenvalue weighted by Crippen LogP contribution is -2.48. The van der Waals surface area contributed by atoms with Gasteiger partial charge in [-0.05, 0) is 31.3 Å². The van der Waals surface area contributed by atoms with Crippen molar-refractivity contribution in [3.8, 4) is 0 Å². The van der Waals surface area contributed by atoms with Gasteiger partial charge in [0, 0.05) is 13.1 Å². The van der Waals surface area contributed by atoms with Gasteiger partial charge in [0.15, 0.2) is 0 Å². The smallest absolute Gasteiger partial charge is 0.321 e. The first-order chi connectivity index (χ1) is 8.97. The Kier molecular flexibility index (Phi) is 7.12. The number of aliphatic carboxylic acids is 1. The van der Waals surface area contributed by atoms with Gasteiger partial charge in [0.25, 0.3) is 10.2 Å². The molecule has 0 bridgehead atoms. The van der Waals surface area contributed by atoms with Crippen LogP contribution >= 0.6 is 11.8 Å². The van der Waals surface area contributed by atoms with Crippen molar-refractivity contribution in [2.75, 3.05) is 25.1 Å². The van der Waals surface area contributed by atoms with Crippen molar-refractivity contribution < 1.29 is 18.3 Å². The molecule has 0 amide bonds. The molecule has 1 heterocycles. The van der Waals surface area contributed by atoms with Crippen LogP contribution in [-0.4, -0.2) is 54.9 Å². The molecule has 0 radical (unpaired) electrons. The zero-order valence-corrected chi connectivity index (χ0v) is 12.8. The predicted molar refractivity (Wildman–Crippen MR) is 76.5 cm³/mol. The number of thioether (sulfide) groups is 1. The fourth-order valence-corrected chi connectivity index (χ4v) is 3.94. The second-order valence-electron chi connectivity index (χ2n) is 4.61. The van der Waals surface area contributed by atoms with Crippen molar-refractivity contribution in [1.29, 1.82) is 0 Å². The summed E-state index contributed by atoms with van der Waals surface area (Å²) in [5.41, 5.74) is 0. The Morgan fingerprint density at radius 1 is 1.32 bits per heavy atom. The number of carbonyl (C=O) groups is 1. The molecule has 1 atom stereocenters. The lowest BCUT2D eigenvalue weighted by atomic mass is 10.2. The number of carboxylic acid groups (broad SMARTS) is 1. The summed E-state index contributed by atoms with van der Waals surface area (Å²) < 4.78 is 28.0. The highest BCUT2D eigenvalue weighted by molar-refractivity contribution is 7.98. The van der Waals surface area contributed by atoms with E-state index >= 15 is 0 Å². The topological polar surface area (TPSA) is 86.7 Å². The maximum Gasteiger partial charge on any atom is 0.321 e. The standard InChI is InChI=1S/C11H22N2O4S2/c1-18-9-6-10(11(14)15)12-19(16,17)13-7-4-2-3-5-8-13/h10,12H,2-9H2,1H3,(H,14,15)/t10-/m1/s1. The number of rotatable bonds is 7. The molecule has 6 nitrogen and oxygen atoms in total. The number of carboxylic acids is 1. The third-order valence-corrected chi connectivity index (χ3v) is 5.38. The molecule has 0 aromatic heterocycles. The van der Waals surface area contributed by atoms with Gasteiger partial charge in [-0.15, -0.1) is 0 Å². The van der Waals surface area contributed by atoms with Gasteiger partial charge >= 0.3 is 5.97 Å². The van der Waals surface area contributed by atoms with Crippen LogP contribution in [0, 0.1) is 0 Å². The summed E-state index contributed by atoms with van der Waals surface area (Å²) in [6, 6.07) is -1.04. The molecule has 0 spiro atoms. The SMILES string of the molecule is CSCC[C@@H](NS(=O)(=O)N1CCCCCC1)C(=O)O. The second kappa shape index (κ2) is 8.08. The summed E-state index contributed by atoms with van der Waals surface area (Å²) in [6.45, 7) is 0.953. The summed E-state index contributed by atoms with van der Waals surface area (Å²) in [5, 5.41) is 9.06. The molecular weight excluding hydrogens is 288 g/mol. The third kappa shape index (κ3) is 5.68. The van der Waals surface area contributed by atoms with E-state index in [1.54, 1.807) is 0 Å². The van der Waals surface area contributed by atoms with Gasteiger partial charge in [0.2, 0.25) is 0 Å². The summed E-state index contributed by atoms with van der Waals surface area (Å²) in [4.78, 5) is 11.1. The van der Waals surface area contributed by atoms with Gasteiger partial charge in [-0.1, -0.05) is 12.8 Å². The van der Waals surface area contributed by atoms with E-state index in [1.807, 2.05) is 6.26 Å². The molecule has 1 aliphatic heterocycles. The quantitative estimate of drug-likeness (QED) is 0.729. The molecule has 1 aliphatic rings. The van der Waals surface area contributed by atoms with Crippen LogP contribution in [0.3, 0.4) is 0 Å². The van der Waals surface area contributed by atoms with Gasteiger partial charge in [-0.25, -0.2) is 0 Å². The summed E-state index contributed by atoms with van der Waals surface area (Å²) in [7, 11) is -3.69. The summed E-state index contributed by atoms with van der Waals surface area (Å²) in [6.07, 6.45) is 5.89. The van der Waals surface area contributed by atoms with Crippen LogP contribution in [0.1, 0.15) is 32.1 Å². The van der Waals surface area contributed by atoms with E-state index in [0.717, 1.165) is 25.7 Å². The zero-order valence-electron chi connectivity index (χ0n) is 11.2. The largest absolute Gasteiger partial charge is 0.480 e. The Morgan fingerprint density at radius 2 is 1.89 bits per heavy atom. The van der Waals surface area contributed by atoms with Crippen molar-refractivity contribution in [2.24, 2.45) is 0 Å². The molecule has 112 valence electrons. The highest BCUT2D eigenvalue weighted by Crippen LogP contribution is 2.13. The van der Waals surface area contributed by atoms with Crippen LogP contribution in [0.4, 0.5) is 0 Å².